The average molecular weight is 499 g/mol. The Morgan fingerprint density at radius 2 is 1.92 bits per heavy atom. The van der Waals surface area contributed by atoms with E-state index in [9.17, 15) is 19.5 Å². The van der Waals surface area contributed by atoms with Gasteiger partial charge < -0.3 is 15.2 Å². The number of morpholine rings is 1. The molecule has 3 aromatic rings. The van der Waals surface area contributed by atoms with Gasteiger partial charge in [-0.3, -0.25) is 23.6 Å². The van der Waals surface area contributed by atoms with Gasteiger partial charge in [0.05, 0.1) is 26.3 Å². The smallest absolute Gasteiger partial charge is 0.331 e. The predicted molar refractivity (Wildman–Crippen MR) is 129 cm³/mol. The summed E-state index contributed by atoms with van der Waals surface area (Å²) in [5, 5.41) is 25.3. The Morgan fingerprint density at radius 1 is 1.19 bits per heavy atom. The van der Waals surface area contributed by atoms with Crippen LogP contribution < -0.4 is 16.6 Å². The van der Waals surface area contributed by atoms with E-state index in [2.05, 4.69) is 25.6 Å². The van der Waals surface area contributed by atoms with E-state index < -0.39 is 23.3 Å². The van der Waals surface area contributed by atoms with Gasteiger partial charge in [-0.2, -0.15) is 4.80 Å². The van der Waals surface area contributed by atoms with Crippen molar-refractivity contribution in [3.8, 4) is 0 Å². The van der Waals surface area contributed by atoms with Crippen molar-refractivity contribution >= 4 is 5.91 Å². The first-order valence-corrected chi connectivity index (χ1v) is 11.7. The summed E-state index contributed by atoms with van der Waals surface area (Å²) in [6, 6.07) is 7.47. The second-order valence-electron chi connectivity index (χ2n) is 8.71. The van der Waals surface area contributed by atoms with Crippen molar-refractivity contribution in [2.24, 2.45) is 7.05 Å². The van der Waals surface area contributed by atoms with Gasteiger partial charge >= 0.3 is 5.69 Å². The first-order chi connectivity index (χ1) is 17.3. The number of aryl methyl sites for hydroxylation is 1. The normalized spacial score (nSPS) is 15.1. The summed E-state index contributed by atoms with van der Waals surface area (Å²) < 4.78 is 7.38. The van der Waals surface area contributed by atoms with E-state index in [0.29, 0.717) is 26.3 Å². The van der Waals surface area contributed by atoms with E-state index in [1.54, 1.807) is 0 Å². The van der Waals surface area contributed by atoms with Crippen LogP contribution in [0.5, 0.6) is 0 Å². The Hall–Kier alpha value is -3.68. The van der Waals surface area contributed by atoms with E-state index in [0.717, 1.165) is 28.8 Å². The van der Waals surface area contributed by atoms with Crippen molar-refractivity contribution in [2.45, 2.75) is 26.1 Å². The number of ether oxygens (including phenoxy) is 1. The molecule has 192 valence electrons. The number of nitrogens with one attached hydrogen (secondary N) is 1. The van der Waals surface area contributed by atoms with Crippen molar-refractivity contribution in [1.29, 1.82) is 0 Å². The number of tetrazole rings is 1. The third-order valence-electron chi connectivity index (χ3n) is 6.02. The highest BCUT2D eigenvalue weighted by molar-refractivity contribution is 5.93. The van der Waals surface area contributed by atoms with Crippen molar-refractivity contribution in [3.63, 3.8) is 0 Å². The van der Waals surface area contributed by atoms with Crippen LogP contribution in [-0.4, -0.2) is 84.6 Å². The van der Waals surface area contributed by atoms with Crippen LogP contribution in [0, 0.1) is 6.92 Å². The van der Waals surface area contributed by atoms with Crippen LogP contribution in [0.1, 0.15) is 33.4 Å². The molecule has 13 heteroatoms. The van der Waals surface area contributed by atoms with Gasteiger partial charge in [0, 0.05) is 39.4 Å². The first-order valence-electron chi connectivity index (χ1n) is 11.7. The number of hydrogen-bond donors (Lipinski definition) is 2. The van der Waals surface area contributed by atoms with Crippen LogP contribution in [0.15, 0.2) is 40.1 Å². The molecule has 1 aromatic carbocycles. The van der Waals surface area contributed by atoms with Crippen LogP contribution >= 0.6 is 0 Å². The molecule has 1 saturated heterocycles. The van der Waals surface area contributed by atoms with Gasteiger partial charge in [0.2, 0.25) is 0 Å². The molecule has 1 fully saturated rings. The van der Waals surface area contributed by atoms with Crippen molar-refractivity contribution in [1.82, 2.24) is 39.6 Å². The molecule has 1 aliphatic heterocycles. The molecule has 0 aliphatic carbocycles. The molecule has 1 amide bonds. The minimum atomic E-state index is -0.833. The molecule has 1 atom stereocenters. The third-order valence-corrected chi connectivity index (χ3v) is 6.02. The third kappa shape index (κ3) is 6.11. The van der Waals surface area contributed by atoms with Crippen LogP contribution in [0.3, 0.4) is 0 Å². The van der Waals surface area contributed by atoms with Crippen LogP contribution in [0.25, 0.3) is 0 Å². The number of aliphatic hydroxyl groups is 1. The lowest BCUT2D eigenvalue weighted by Crippen LogP contribution is -2.45. The maximum absolute atomic E-state index is 12.7. The fraction of sp³-hybridized carbons (Fsp3) is 0.478. The lowest BCUT2D eigenvalue weighted by molar-refractivity contribution is 0.0383. The molecule has 2 N–H and O–H groups in total. The zero-order valence-electron chi connectivity index (χ0n) is 20.3. The maximum atomic E-state index is 12.7. The van der Waals surface area contributed by atoms with E-state index in [1.165, 1.54) is 22.6 Å². The number of aromatic nitrogens is 6. The highest BCUT2D eigenvalue weighted by Gasteiger charge is 2.18. The minimum Gasteiger partial charge on any atom is -0.386 e. The van der Waals surface area contributed by atoms with Crippen LogP contribution in [-0.2, 0) is 24.9 Å². The summed E-state index contributed by atoms with van der Waals surface area (Å²) in [6.45, 7) is 5.83. The van der Waals surface area contributed by atoms with Gasteiger partial charge in [0.15, 0.2) is 5.82 Å². The molecule has 4 rings (SSSR count). The standard InChI is InChI=1S/C23H30N8O5/c1-16-3-5-17(6-4-16)19(32)14-31-26-20(25-27-31)15-30-13-18(22(34)28(2)23(30)35)21(33)24-7-8-29-9-11-36-12-10-29/h3-6,13,19,32H,7-12,14-15H2,1-2H3,(H,24,33)/t19-/m0/s1. The van der Waals surface area contributed by atoms with Crippen molar-refractivity contribution < 1.29 is 14.6 Å². The second-order valence-corrected chi connectivity index (χ2v) is 8.71. The number of benzene rings is 1. The van der Waals surface area contributed by atoms with Gasteiger partial charge in [-0.25, -0.2) is 4.79 Å². The molecule has 2 aromatic heterocycles. The summed E-state index contributed by atoms with van der Waals surface area (Å²) >= 11 is 0. The SMILES string of the molecule is Cc1ccc([C@@H](O)Cn2nnc(Cn3cc(C(=O)NCCN4CCOCC4)c(=O)n(C)c3=O)n2)cc1. The highest BCUT2D eigenvalue weighted by Crippen LogP contribution is 2.14. The maximum Gasteiger partial charge on any atom is 0.331 e. The fourth-order valence-electron chi connectivity index (χ4n) is 3.86. The van der Waals surface area contributed by atoms with E-state index in [4.69, 9.17) is 4.74 Å². The molecule has 0 saturated carbocycles. The molecule has 1 aliphatic rings. The summed E-state index contributed by atoms with van der Waals surface area (Å²) in [7, 11) is 1.31. The number of rotatable bonds is 9. The van der Waals surface area contributed by atoms with Crippen molar-refractivity contribution in [3.05, 3.63) is 73.8 Å². The Labute approximate surface area is 206 Å². The monoisotopic (exact) mass is 498 g/mol. The molecule has 0 unspecified atom stereocenters. The van der Waals surface area contributed by atoms with E-state index in [-0.39, 0.29) is 24.5 Å². The molecule has 0 bridgehead atoms. The Bertz CT molecular complexity index is 1310. The number of hydrogen-bond acceptors (Lipinski definition) is 9. The lowest BCUT2D eigenvalue weighted by Gasteiger charge is -2.26. The summed E-state index contributed by atoms with van der Waals surface area (Å²) in [4.78, 5) is 41.3. The average Bonchev–Trinajstić information content (AvgIpc) is 3.31. The van der Waals surface area contributed by atoms with Gasteiger partial charge in [-0.1, -0.05) is 29.8 Å². The Balaban J connectivity index is 1.42. The van der Waals surface area contributed by atoms with Gasteiger partial charge in [-0.15, -0.1) is 10.2 Å². The molecule has 36 heavy (non-hydrogen) atoms. The zero-order chi connectivity index (χ0) is 25.7. The minimum absolute atomic E-state index is 0.0784. The zero-order valence-corrected chi connectivity index (χ0v) is 20.3. The fourth-order valence-corrected chi connectivity index (χ4v) is 3.86. The summed E-state index contributed by atoms with van der Waals surface area (Å²) in [5.74, 6) is -0.360. The lowest BCUT2D eigenvalue weighted by atomic mass is 10.1. The molecular weight excluding hydrogens is 468 g/mol. The van der Waals surface area contributed by atoms with Gasteiger partial charge in [-0.05, 0) is 17.7 Å². The Kier molecular flexibility index (Phi) is 8.03. The first kappa shape index (κ1) is 25.4. The topological polar surface area (TPSA) is 149 Å². The molecule has 13 nitrogen and oxygen atoms in total. The van der Waals surface area contributed by atoms with Gasteiger partial charge in [0.25, 0.3) is 11.5 Å². The predicted octanol–water partition coefficient (Wildman–Crippen LogP) is -1.31. The number of carbonyl (C=O) groups is 1. The largest absolute Gasteiger partial charge is 0.386 e. The summed E-state index contributed by atoms with van der Waals surface area (Å²) in [5.41, 5.74) is 0.359. The number of carbonyl (C=O) groups excluding carboxylic acids is 1. The number of nitrogens with zero attached hydrogens (tertiary/aromatic N) is 7. The quantitative estimate of drug-likeness (QED) is 0.366. The molecule has 0 spiro atoms. The molecule has 0 radical (unpaired) electrons. The van der Waals surface area contributed by atoms with E-state index >= 15 is 0 Å². The van der Waals surface area contributed by atoms with E-state index in [1.807, 2.05) is 31.2 Å². The number of aliphatic hydroxyl groups excluding tert-OH is 1. The molecule has 3 heterocycles. The molecular formula is C23H30N8O5. The van der Waals surface area contributed by atoms with Crippen LogP contribution in [0.4, 0.5) is 0 Å². The van der Waals surface area contributed by atoms with Gasteiger partial charge in [0.1, 0.15) is 11.7 Å². The Morgan fingerprint density at radius 3 is 2.64 bits per heavy atom. The van der Waals surface area contributed by atoms with Crippen molar-refractivity contribution in [2.75, 3.05) is 39.4 Å². The van der Waals surface area contributed by atoms with Crippen LogP contribution in [0.2, 0.25) is 0 Å². The highest BCUT2D eigenvalue weighted by atomic mass is 16.5. The number of amides is 1. The summed E-state index contributed by atoms with van der Waals surface area (Å²) in [6.07, 6.45) is 0.386. The second kappa shape index (κ2) is 11.4.